The normalized spacial score (nSPS) is 9.68. The predicted octanol–water partition coefficient (Wildman–Crippen LogP) is 1.50. The monoisotopic (exact) mass is 379 g/mol. The van der Waals surface area contributed by atoms with Gasteiger partial charge in [0.15, 0.2) is 5.96 Å². The Morgan fingerprint density at radius 1 is 1.00 bits per heavy atom. The molecule has 1 aromatic rings. The zero-order valence-electron chi connectivity index (χ0n) is 11.0. The maximum Gasteiger partial charge on any atom is 0.185 e. The molecule has 0 fully saturated rings. The van der Waals surface area contributed by atoms with Crippen LogP contribution in [0.15, 0.2) is 35.3 Å². The van der Waals surface area contributed by atoms with E-state index in [-0.39, 0.29) is 29.9 Å². The molecule has 0 amide bonds. The Kier molecular flexibility index (Phi) is 11.6. The van der Waals surface area contributed by atoms with Crippen molar-refractivity contribution in [1.29, 1.82) is 0 Å². The number of hydrogen-bond donors (Lipinski definition) is 2. The lowest BCUT2D eigenvalue weighted by atomic mass is 10.2. The molecule has 6 heteroatoms. The van der Waals surface area contributed by atoms with Gasteiger partial charge < -0.3 is 20.9 Å². The zero-order chi connectivity index (χ0) is 13.1. The van der Waals surface area contributed by atoms with E-state index in [0.717, 1.165) is 6.42 Å². The minimum absolute atomic E-state index is 0. The lowest BCUT2D eigenvalue weighted by Crippen LogP contribution is -2.23. The van der Waals surface area contributed by atoms with Crippen molar-refractivity contribution in [2.45, 2.75) is 13.0 Å². The molecule has 0 saturated heterocycles. The molecule has 0 heterocycles. The molecule has 4 N–H and O–H groups in total. The van der Waals surface area contributed by atoms with Gasteiger partial charge in [0.2, 0.25) is 0 Å². The molecule has 19 heavy (non-hydrogen) atoms. The van der Waals surface area contributed by atoms with Crippen LogP contribution in [0.4, 0.5) is 0 Å². The van der Waals surface area contributed by atoms with Crippen LogP contribution in [0.2, 0.25) is 0 Å². The van der Waals surface area contributed by atoms with Crippen molar-refractivity contribution >= 4 is 29.9 Å². The summed E-state index contributed by atoms with van der Waals surface area (Å²) >= 11 is 0. The van der Waals surface area contributed by atoms with E-state index in [1.165, 1.54) is 5.56 Å². The third-order valence-electron chi connectivity index (χ3n) is 2.22. The van der Waals surface area contributed by atoms with Crippen molar-refractivity contribution in [3.63, 3.8) is 0 Å². The highest BCUT2D eigenvalue weighted by Crippen LogP contribution is 1.99. The summed E-state index contributed by atoms with van der Waals surface area (Å²) < 4.78 is 10.8. The van der Waals surface area contributed by atoms with Gasteiger partial charge in [0.1, 0.15) is 0 Å². The quantitative estimate of drug-likeness (QED) is 0.295. The van der Waals surface area contributed by atoms with E-state index in [1.54, 1.807) is 0 Å². The summed E-state index contributed by atoms with van der Waals surface area (Å²) in [5, 5.41) is 0. The number of halogens is 1. The van der Waals surface area contributed by atoms with Gasteiger partial charge in [0, 0.05) is 13.2 Å². The third kappa shape index (κ3) is 10.7. The largest absolute Gasteiger partial charge is 0.379 e. The Labute approximate surface area is 131 Å². The van der Waals surface area contributed by atoms with Crippen LogP contribution >= 0.6 is 24.0 Å². The minimum atomic E-state index is 0. The summed E-state index contributed by atoms with van der Waals surface area (Å²) in [7, 11) is 0. The van der Waals surface area contributed by atoms with Crippen LogP contribution in [0.1, 0.15) is 12.0 Å². The fraction of sp³-hybridized carbons (Fsp3) is 0.462. The van der Waals surface area contributed by atoms with Gasteiger partial charge >= 0.3 is 0 Å². The van der Waals surface area contributed by atoms with Crippen molar-refractivity contribution in [2.75, 3.05) is 26.4 Å². The number of hydrogen-bond acceptors (Lipinski definition) is 3. The van der Waals surface area contributed by atoms with E-state index >= 15 is 0 Å². The second-order valence-corrected chi connectivity index (χ2v) is 3.81. The number of ether oxygens (including phenoxy) is 2. The maximum absolute atomic E-state index is 5.47. The van der Waals surface area contributed by atoms with Crippen LogP contribution in [0.25, 0.3) is 0 Å². The Morgan fingerprint density at radius 2 is 1.68 bits per heavy atom. The fourth-order valence-electron chi connectivity index (χ4n) is 1.36. The molecule has 5 nitrogen and oxygen atoms in total. The topological polar surface area (TPSA) is 82.9 Å². The van der Waals surface area contributed by atoms with Gasteiger partial charge in [-0.2, -0.15) is 0 Å². The van der Waals surface area contributed by atoms with Crippen LogP contribution in [0.5, 0.6) is 0 Å². The van der Waals surface area contributed by atoms with Crippen LogP contribution in [0.3, 0.4) is 0 Å². The van der Waals surface area contributed by atoms with Crippen molar-refractivity contribution in [2.24, 2.45) is 16.5 Å². The average Bonchev–Trinajstić information content (AvgIpc) is 2.37. The van der Waals surface area contributed by atoms with Gasteiger partial charge in [-0.15, -0.1) is 24.0 Å². The molecule has 0 radical (unpaired) electrons. The van der Waals surface area contributed by atoms with Crippen LogP contribution in [-0.4, -0.2) is 32.3 Å². The van der Waals surface area contributed by atoms with Crippen molar-refractivity contribution < 1.29 is 9.47 Å². The highest BCUT2D eigenvalue weighted by molar-refractivity contribution is 14.0. The minimum Gasteiger partial charge on any atom is -0.379 e. The van der Waals surface area contributed by atoms with Crippen molar-refractivity contribution in [3.8, 4) is 0 Å². The summed E-state index contributed by atoms with van der Waals surface area (Å²) in [5.74, 6) is 0.126. The number of nitrogens with two attached hydrogens (primary N) is 2. The van der Waals surface area contributed by atoms with E-state index < -0.39 is 0 Å². The molecule has 1 aromatic carbocycles. The molecule has 0 bridgehead atoms. The average molecular weight is 379 g/mol. The first-order chi connectivity index (χ1) is 8.79. The van der Waals surface area contributed by atoms with E-state index in [1.807, 2.05) is 30.3 Å². The van der Waals surface area contributed by atoms with Crippen LogP contribution in [0, 0.1) is 0 Å². The summed E-state index contributed by atoms with van der Waals surface area (Å²) in [4.78, 5) is 3.86. The Morgan fingerprint density at radius 3 is 2.37 bits per heavy atom. The summed E-state index contributed by atoms with van der Waals surface area (Å²) in [6.45, 7) is 3.06. The van der Waals surface area contributed by atoms with Gasteiger partial charge in [0.25, 0.3) is 0 Å². The summed E-state index contributed by atoms with van der Waals surface area (Å²) in [6, 6.07) is 10.1. The lowest BCUT2D eigenvalue weighted by Gasteiger charge is -2.05. The van der Waals surface area contributed by atoms with E-state index in [2.05, 4.69) is 4.99 Å². The molecule has 0 unspecified atom stereocenters. The number of benzene rings is 1. The standard InChI is InChI=1S/C13H21N3O2.HI/c14-13(15)16-7-4-8-17-9-10-18-11-12-5-2-1-3-6-12;/h1-3,5-6H,4,7-11H2,(H4,14,15,16);1H. The highest BCUT2D eigenvalue weighted by Gasteiger charge is 1.92. The Bertz CT molecular complexity index is 343. The second kappa shape index (κ2) is 12.2. The Balaban J connectivity index is 0.00000324. The number of rotatable bonds is 9. The summed E-state index contributed by atoms with van der Waals surface area (Å²) in [6.07, 6.45) is 0.816. The molecule has 0 spiro atoms. The first-order valence-electron chi connectivity index (χ1n) is 6.04. The van der Waals surface area contributed by atoms with Gasteiger partial charge in [-0.3, -0.25) is 4.99 Å². The molecule has 0 aliphatic carbocycles. The molecule has 108 valence electrons. The predicted molar refractivity (Wildman–Crippen MR) is 87.6 cm³/mol. The number of nitrogens with zero attached hydrogens (tertiary/aromatic N) is 1. The zero-order valence-corrected chi connectivity index (χ0v) is 13.3. The molecule has 0 atom stereocenters. The van der Waals surface area contributed by atoms with Crippen LogP contribution in [-0.2, 0) is 16.1 Å². The molecular weight excluding hydrogens is 357 g/mol. The smallest absolute Gasteiger partial charge is 0.185 e. The highest BCUT2D eigenvalue weighted by atomic mass is 127. The fourth-order valence-corrected chi connectivity index (χ4v) is 1.36. The second-order valence-electron chi connectivity index (χ2n) is 3.81. The molecular formula is C13H22IN3O2. The van der Waals surface area contributed by atoms with Gasteiger partial charge in [-0.05, 0) is 12.0 Å². The van der Waals surface area contributed by atoms with Crippen molar-refractivity contribution in [1.82, 2.24) is 0 Å². The first kappa shape index (κ1) is 18.1. The van der Waals surface area contributed by atoms with Gasteiger partial charge in [-0.1, -0.05) is 30.3 Å². The van der Waals surface area contributed by atoms with Gasteiger partial charge in [0.05, 0.1) is 19.8 Å². The van der Waals surface area contributed by atoms with Gasteiger partial charge in [-0.25, -0.2) is 0 Å². The number of guanidine groups is 1. The molecule has 0 saturated carbocycles. The lowest BCUT2D eigenvalue weighted by molar-refractivity contribution is 0.0403. The molecule has 0 aromatic heterocycles. The SMILES string of the molecule is I.NC(N)=NCCCOCCOCc1ccccc1. The van der Waals surface area contributed by atoms with Crippen molar-refractivity contribution in [3.05, 3.63) is 35.9 Å². The third-order valence-corrected chi connectivity index (χ3v) is 2.22. The van der Waals surface area contributed by atoms with E-state index in [4.69, 9.17) is 20.9 Å². The first-order valence-corrected chi connectivity index (χ1v) is 6.04. The number of aliphatic imine (C=N–C) groups is 1. The molecule has 0 aliphatic heterocycles. The van der Waals surface area contributed by atoms with Crippen LogP contribution < -0.4 is 11.5 Å². The molecule has 1 rings (SSSR count). The van der Waals surface area contributed by atoms with E-state index in [9.17, 15) is 0 Å². The maximum atomic E-state index is 5.47. The summed E-state index contributed by atoms with van der Waals surface area (Å²) in [5.41, 5.74) is 11.6. The van der Waals surface area contributed by atoms with E-state index in [0.29, 0.717) is 33.0 Å². The molecule has 0 aliphatic rings. The Hall–Kier alpha value is -0.860.